The fourth-order valence-corrected chi connectivity index (χ4v) is 2.52. The second-order valence-electron chi connectivity index (χ2n) is 5.35. The Morgan fingerprint density at radius 1 is 1.38 bits per heavy atom. The summed E-state index contributed by atoms with van der Waals surface area (Å²) in [5.74, 6) is 1.36. The van der Waals surface area contributed by atoms with Crippen LogP contribution in [0.2, 0.25) is 18.1 Å². The third-order valence-electron chi connectivity index (χ3n) is 3.11. The van der Waals surface area contributed by atoms with Crippen molar-refractivity contribution < 1.29 is 4.43 Å². The predicted octanol–water partition coefficient (Wildman–Crippen LogP) is 3.51. The Morgan fingerprint density at radius 3 is 2.31 bits per heavy atom. The van der Waals surface area contributed by atoms with E-state index in [4.69, 9.17) is 4.43 Å². The van der Waals surface area contributed by atoms with Crippen LogP contribution in [0.1, 0.15) is 27.2 Å². The van der Waals surface area contributed by atoms with E-state index in [9.17, 15) is 0 Å². The Morgan fingerprint density at radius 2 is 1.92 bits per heavy atom. The van der Waals surface area contributed by atoms with Crippen molar-refractivity contribution in [3.05, 3.63) is 0 Å². The predicted molar refractivity (Wildman–Crippen MR) is 64.0 cm³/mol. The van der Waals surface area contributed by atoms with Gasteiger partial charge in [-0.15, -0.1) is 0 Å². The normalized spacial score (nSPS) is 23.3. The zero-order chi connectivity index (χ0) is 10.1. The minimum absolute atomic E-state index is 0.365. The van der Waals surface area contributed by atoms with E-state index in [0.717, 1.165) is 11.9 Å². The molecule has 1 unspecified atom stereocenters. The largest absolute Gasteiger partial charge is 0.417 e. The SMILES string of the molecule is CC(C)(C)[Si](C)(C)OCCC1CS1. The molecule has 13 heavy (non-hydrogen) atoms. The van der Waals surface area contributed by atoms with Crippen molar-refractivity contribution in [1.29, 1.82) is 0 Å². The zero-order valence-corrected chi connectivity index (χ0v) is 11.3. The molecule has 1 rings (SSSR count). The van der Waals surface area contributed by atoms with Crippen molar-refractivity contribution in [3.63, 3.8) is 0 Å². The van der Waals surface area contributed by atoms with Crippen molar-refractivity contribution >= 4 is 20.1 Å². The lowest BCUT2D eigenvalue weighted by atomic mass is 10.2. The number of hydrogen-bond acceptors (Lipinski definition) is 2. The van der Waals surface area contributed by atoms with Crippen molar-refractivity contribution in [2.45, 2.75) is 50.6 Å². The monoisotopic (exact) mass is 218 g/mol. The molecule has 1 nitrogen and oxygen atoms in total. The Balaban J connectivity index is 2.23. The van der Waals surface area contributed by atoms with Crippen molar-refractivity contribution in [2.24, 2.45) is 0 Å². The lowest BCUT2D eigenvalue weighted by molar-refractivity contribution is 0.285. The van der Waals surface area contributed by atoms with Crippen molar-refractivity contribution in [3.8, 4) is 0 Å². The first-order valence-electron chi connectivity index (χ1n) is 5.08. The summed E-state index contributed by atoms with van der Waals surface area (Å²) in [5.41, 5.74) is 0. The Hall–Kier alpha value is 0.527. The van der Waals surface area contributed by atoms with E-state index in [1.807, 2.05) is 0 Å². The highest BCUT2D eigenvalue weighted by Gasteiger charge is 2.37. The molecule has 0 aliphatic carbocycles. The molecule has 0 saturated carbocycles. The second-order valence-corrected chi connectivity index (χ2v) is 11.5. The quantitative estimate of drug-likeness (QED) is 0.527. The van der Waals surface area contributed by atoms with Gasteiger partial charge in [-0.25, -0.2) is 0 Å². The van der Waals surface area contributed by atoms with Crippen LogP contribution in [0.4, 0.5) is 0 Å². The van der Waals surface area contributed by atoms with Gasteiger partial charge in [0, 0.05) is 17.6 Å². The first-order valence-corrected chi connectivity index (χ1v) is 9.04. The second kappa shape index (κ2) is 3.95. The van der Waals surface area contributed by atoms with Gasteiger partial charge in [-0.3, -0.25) is 0 Å². The Kier molecular flexibility index (Phi) is 3.53. The summed E-state index contributed by atoms with van der Waals surface area (Å²) in [4.78, 5) is 0. The molecule has 1 heterocycles. The molecule has 1 saturated heterocycles. The van der Waals surface area contributed by atoms with Gasteiger partial charge in [0.05, 0.1) is 0 Å². The molecule has 1 aliphatic heterocycles. The highest BCUT2D eigenvalue weighted by molar-refractivity contribution is 8.06. The van der Waals surface area contributed by atoms with Crippen LogP contribution in [-0.4, -0.2) is 25.9 Å². The molecule has 1 aliphatic rings. The van der Waals surface area contributed by atoms with E-state index in [2.05, 4.69) is 45.6 Å². The molecule has 0 aromatic carbocycles. The zero-order valence-electron chi connectivity index (χ0n) is 9.52. The van der Waals surface area contributed by atoms with Crippen LogP contribution in [0, 0.1) is 0 Å². The van der Waals surface area contributed by atoms with Gasteiger partial charge in [0.2, 0.25) is 0 Å². The average Bonchev–Trinajstić information content (AvgIpc) is 2.68. The van der Waals surface area contributed by atoms with Gasteiger partial charge in [-0.2, -0.15) is 11.8 Å². The van der Waals surface area contributed by atoms with Gasteiger partial charge in [0.15, 0.2) is 8.32 Å². The molecule has 0 spiro atoms. The smallest absolute Gasteiger partial charge is 0.191 e. The van der Waals surface area contributed by atoms with Crippen molar-refractivity contribution in [1.82, 2.24) is 0 Å². The maximum absolute atomic E-state index is 6.07. The summed E-state index contributed by atoms with van der Waals surface area (Å²) >= 11 is 2.06. The summed E-state index contributed by atoms with van der Waals surface area (Å²) in [6, 6.07) is 0. The third-order valence-corrected chi connectivity index (χ3v) is 8.69. The minimum atomic E-state index is -1.45. The lowest BCUT2D eigenvalue weighted by Crippen LogP contribution is -2.41. The molecule has 1 fully saturated rings. The van der Waals surface area contributed by atoms with Gasteiger partial charge in [0.1, 0.15) is 0 Å². The minimum Gasteiger partial charge on any atom is -0.417 e. The molecule has 78 valence electrons. The number of rotatable bonds is 4. The van der Waals surface area contributed by atoms with Crippen LogP contribution < -0.4 is 0 Å². The molecule has 3 heteroatoms. The summed E-state index contributed by atoms with van der Waals surface area (Å²) in [7, 11) is -1.45. The van der Waals surface area contributed by atoms with E-state index in [1.165, 1.54) is 12.2 Å². The third kappa shape index (κ3) is 3.64. The molecule has 0 aromatic rings. The maximum atomic E-state index is 6.07. The van der Waals surface area contributed by atoms with Crippen LogP contribution in [0.3, 0.4) is 0 Å². The van der Waals surface area contributed by atoms with Gasteiger partial charge in [-0.1, -0.05) is 20.8 Å². The van der Waals surface area contributed by atoms with E-state index < -0.39 is 8.32 Å². The van der Waals surface area contributed by atoms with Crippen LogP contribution in [0.15, 0.2) is 0 Å². The number of hydrogen-bond donors (Lipinski definition) is 0. The first-order chi connectivity index (χ1) is 5.83. The topological polar surface area (TPSA) is 9.23 Å². The van der Waals surface area contributed by atoms with E-state index in [1.54, 1.807) is 0 Å². The molecule has 0 bridgehead atoms. The van der Waals surface area contributed by atoms with Gasteiger partial charge in [-0.05, 0) is 24.6 Å². The summed E-state index contributed by atoms with van der Waals surface area (Å²) in [6.07, 6.45) is 1.26. The fraction of sp³-hybridized carbons (Fsp3) is 1.00. The summed E-state index contributed by atoms with van der Waals surface area (Å²) in [6.45, 7) is 12.5. The highest BCUT2D eigenvalue weighted by Crippen LogP contribution is 2.38. The molecule has 0 amide bonds. The molecular formula is C10H22OSSi. The van der Waals surface area contributed by atoms with Crippen LogP contribution in [0.5, 0.6) is 0 Å². The van der Waals surface area contributed by atoms with Gasteiger partial charge in [0.25, 0.3) is 0 Å². The standard InChI is InChI=1S/C10H22OSSi/c1-10(2,3)13(4,5)11-7-6-9-8-12-9/h9H,6-8H2,1-5H3. The average molecular weight is 218 g/mol. The molecular weight excluding hydrogens is 196 g/mol. The first kappa shape index (κ1) is 11.6. The molecule has 1 atom stereocenters. The molecule has 0 radical (unpaired) electrons. The highest BCUT2D eigenvalue weighted by atomic mass is 32.2. The van der Waals surface area contributed by atoms with Gasteiger partial charge >= 0.3 is 0 Å². The Bertz CT molecular complexity index is 170. The van der Waals surface area contributed by atoms with Crippen LogP contribution in [-0.2, 0) is 4.43 Å². The molecule has 0 aromatic heterocycles. The summed E-state index contributed by atoms with van der Waals surface area (Å²) < 4.78 is 6.07. The van der Waals surface area contributed by atoms with Crippen LogP contribution >= 0.6 is 11.8 Å². The van der Waals surface area contributed by atoms with E-state index in [0.29, 0.717) is 5.04 Å². The van der Waals surface area contributed by atoms with E-state index >= 15 is 0 Å². The summed E-state index contributed by atoms with van der Waals surface area (Å²) in [5, 5.41) is 1.29. The van der Waals surface area contributed by atoms with Gasteiger partial charge < -0.3 is 4.43 Å². The molecule has 0 N–H and O–H groups in total. The van der Waals surface area contributed by atoms with Crippen LogP contribution in [0.25, 0.3) is 0 Å². The maximum Gasteiger partial charge on any atom is 0.191 e. The Labute approximate surface area is 87.8 Å². The van der Waals surface area contributed by atoms with Crippen molar-refractivity contribution in [2.75, 3.05) is 12.4 Å². The number of thioether (sulfide) groups is 1. The van der Waals surface area contributed by atoms with E-state index in [-0.39, 0.29) is 0 Å². The fourth-order valence-electron chi connectivity index (χ4n) is 0.897. The lowest BCUT2D eigenvalue weighted by Gasteiger charge is -2.36.